The second-order valence-electron chi connectivity index (χ2n) is 16.0. The lowest BCUT2D eigenvalue weighted by Crippen LogP contribution is -2.60. The highest BCUT2D eigenvalue weighted by molar-refractivity contribution is 4.99. The lowest BCUT2D eigenvalue weighted by Gasteiger charge is -2.45. The molecule has 0 radical (unpaired) electrons. The highest BCUT2D eigenvalue weighted by atomic mass is 16.7. The second kappa shape index (κ2) is 20.3. The zero-order valence-electron chi connectivity index (χ0n) is 31.4. The molecule has 5 aliphatic rings. The fraction of sp³-hybridized carbons (Fsp3) is 1.00. The quantitative estimate of drug-likeness (QED) is 0.0772. The summed E-state index contributed by atoms with van der Waals surface area (Å²) in [6, 6.07) is 0. The van der Waals surface area contributed by atoms with Crippen LogP contribution in [0.2, 0.25) is 0 Å². The van der Waals surface area contributed by atoms with Crippen molar-refractivity contribution in [3.8, 4) is 0 Å². The summed E-state index contributed by atoms with van der Waals surface area (Å²) in [4.78, 5) is 0. The van der Waals surface area contributed by atoms with Gasteiger partial charge in [-0.25, -0.2) is 0 Å². The van der Waals surface area contributed by atoms with E-state index in [4.69, 9.17) is 28.4 Å². The minimum atomic E-state index is -1.70. The van der Waals surface area contributed by atoms with Gasteiger partial charge in [0, 0.05) is 7.11 Å². The van der Waals surface area contributed by atoms with Gasteiger partial charge in [0.2, 0.25) is 0 Å². The smallest absolute Gasteiger partial charge is 0.186 e. The van der Waals surface area contributed by atoms with E-state index >= 15 is 0 Å². The molecular formula is C35H62O22. The number of methoxy groups -OCH3 is 1. The molecule has 0 aromatic rings. The Morgan fingerprint density at radius 1 is 0.281 bits per heavy atom. The van der Waals surface area contributed by atoms with Crippen LogP contribution in [0.4, 0.5) is 0 Å². The van der Waals surface area contributed by atoms with Gasteiger partial charge in [-0.05, 0) is 51.4 Å². The number of aliphatic hydroxyl groups excluding tert-OH is 16. The van der Waals surface area contributed by atoms with Gasteiger partial charge in [0.25, 0.3) is 0 Å². The standard InChI is InChI=1S/C35H62O22/c1-52-35-34(51)33(50)27(44)18(57-35)9-8-16-25(42)31(48)23(40)14(55-16)5-4-12-21(38)29(46)20(37)11(53-12)2-3-13-22(39)30(47)24(41)15(54-13)6-7-17-26(43)32(49)28(45)19(10-36)56-17/h11-51H,2-10H2,1H3/t11?,12-,13-,14?,15?,16-,17-,18?,19?,20-,21?,22?,23-,24-,25?,26?,27-,28-,29?,30?,31?,32?,33?,34?,35-/m0/s1. The average molecular weight is 835 g/mol. The third-order valence-electron chi connectivity index (χ3n) is 12.3. The second-order valence-corrected chi connectivity index (χ2v) is 16.0. The average Bonchev–Trinajstić information content (AvgIpc) is 3.20. The van der Waals surface area contributed by atoms with Crippen LogP contribution >= 0.6 is 0 Å². The van der Waals surface area contributed by atoms with E-state index in [9.17, 15) is 81.7 Å². The molecule has 5 aliphatic heterocycles. The van der Waals surface area contributed by atoms with E-state index in [0.717, 1.165) is 0 Å². The first-order valence-electron chi connectivity index (χ1n) is 19.5. The summed E-state index contributed by atoms with van der Waals surface area (Å²) in [6.07, 6.45) is -35.7. The van der Waals surface area contributed by atoms with Crippen LogP contribution in [0.3, 0.4) is 0 Å². The Kier molecular flexibility index (Phi) is 16.8. The number of hydrogen-bond acceptors (Lipinski definition) is 22. The summed E-state index contributed by atoms with van der Waals surface area (Å²) >= 11 is 0. The third-order valence-corrected chi connectivity index (χ3v) is 12.3. The van der Waals surface area contributed by atoms with E-state index < -0.39 is 159 Å². The first-order chi connectivity index (χ1) is 26.9. The van der Waals surface area contributed by atoms with Crippen molar-refractivity contribution in [1.29, 1.82) is 0 Å². The predicted molar refractivity (Wildman–Crippen MR) is 184 cm³/mol. The highest BCUT2D eigenvalue weighted by Gasteiger charge is 2.50. The molecular weight excluding hydrogens is 772 g/mol. The predicted octanol–water partition coefficient (Wildman–Crippen LogP) is -8.05. The zero-order valence-corrected chi connectivity index (χ0v) is 31.4. The van der Waals surface area contributed by atoms with E-state index in [2.05, 4.69) is 0 Å². The highest BCUT2D eigenvalue weighted by Crippen LogP contribution is 2.35. The molecule has 0 bridgehead atoms. The van der Waals surface area contributed by atoms with E-state index in [-0.39, 0.29) is 51.4 Å². The minimum Gasteiger partial charge on any atom is -0.394 e. The van der Waals surface area contributed by atoms with E-state index in [1.165, 1.54) is 7.11 Å². The van der Waals surface area contributed by atoms with Gasteiger partial charge in [0.05, 0.1) is 55.4 Å². The number of aliphatic hydroxyl groups is 16. The number of rotatable bonds is 14. The summed E-state index contributed by atoms with van der Waals surface area (Å²) in [5.74, 6) is 0. The Bertz CT molecular complexity index is 1130. The Morgan fingerprint density at radius 3 is 0.702 bits per heavy atom. The maximum absolute atomic E-state index is 10.8. The van der Waals surface area contributed by atoms with Gasteiger partial charge < -0.3 is 110 Å². The van der Waals surface area contributed by atoms with Gasteiger partial charge >= 0.3 is 0 Å². The molecule has 5 saturated heterocycles. The molecule has 25 atom stereocenters. The maximum Gasteiger partial charge on any atom is 0.186 e. The Balaban J connectivity index is 1.15. The normalized spacial score (nSPS) is 52.5. The molecule has 0 spiro atoms. The van der Waals surface area contributed by atoms with Crippen LogP contribution in [0.1, 0.15) is 51.4 Å². The van der Waals surface area contributed by atoms with Crippen LogP contribution in [0, 0.1) is 0 Å². The fourth-order valence-electron chi connectivity index (χ4n) is 8.60. The molecule has 0 aromatic heterocycles. The largest absolute Gasteiger partial charge is 0.394 e. The molecule has 22 heteroatoms. The molecule has 57 heavy (non-hydrogen) atoms. The maximum atomic E-state index is 10.8. The molecule has 0 aromatic carbocycles. The van der Waals surface area contributed by atoms with Crippen LogP contribution < -0.4 is 0 Å². The van der Waals surface area contributed by atoms with Gasteiger partial charge in [-0.2, -0.15) is 0 Å². The van der Waals surface area contributed by atoms with Crippen molar-refractivity contribution in [1.82, 2.24) is 0 Å². The molecule has 16 N–H and O–H groups in total. The summed E-state index contributed by atoms with van der Waals surface area (Å²) < 4.78 is 33.9. The van der Waals surface area contributed by atoms with Crippen LogP contribution in [0.25, 0.3) is 0 Å². The molecule has 0 saturated carbocycles. The van der Waals surface area contributed by atoms with Crippen molar-refractivity contribution in [2.75, 3.05) is 13.7 Å². The lowest BCUT2D eigenvalue weighted by molar-refractivity contribution is -0.293. The van der Waals surface area contributed by atoms with Gasteiger partial charge in [0.15, 0.2) is 6.29 Å². The first kappa shape index (κ1) is 47.2. The zero-order chi connectivity index (χ0) is 42.0. The van der Waals surface area contributed by atoms with E-state index in [0.29, 0.717) is 0 Å². The van der Waals surface area contributed by atoms with Crippen LogP contribution in [-0.4, -0.2) is 248 Å². The molecule has 334 valence electrons. The van der Waals surface area contributed by atoms with Crippen LogP contribution in [-0.2, 0) is 28.4 Å². The van der Waals surface area contributed by atoms with E-state index in [1.54, 1.807) is 0 Å². The van der Waals surface area contributed by atoms with Crippen molar-refractivity contribution in [2.45, 2.75) is 204 Å². The summed E-state index contributed by atoms with van der Waals surface area (Å²) in [7, 11) is 1.24. The fourth-order valence-corrected chi connectivity index (χ4v) is 8.60. The van der Waals surface area contributed by atoms with Crippen molar-refractivity contribution in [3.05, 3.63) is 0 Å². The van der Waals surface area contributed by atoms with E-state index in [1.807, 2.05) is 0 Å². The van der Waals surface area contributed by atoms with Crippen molar-refractivity contribution >= 4 is 0 Å². The lowest BCUT2D eigenvalue weighted by atomic mass is 9.85. The molecule has 5 rings (SSSR count). The molecule has 22 nitrogen and oxygen atoms in total. The monoisotopic (exact) mass is 834 g/mol. The number of hydrogen-bond donors (Lipinski definition) is 16. The van der Waals surface area contributed by atoms with Crippen molar-refractivity contribution in [3.63, 3.8) is 0 Å². The van der Waals surface area contributed by atoms with Gasteiger partial charge in [-0.1, -0.05) is 0 Å². The molecule has 5 fully saturated rings. The summed E-state index contributed by atoms with van der Waals surface area (Å²) in [6.45, 7) is -0.636. The molecule has 0 aliphatic carbocycles. The Morgan fingerprint density at radius 2 is 0.474 bits per heavy atom. The van der Waals surface area contributed by atoms with Gasteiger partial charge in [-0.15, -0.1) is 0 Å². The summed E-state index contributed by atoms with van der Waals surface area (Å²) in [5.41, 5.74) is 0. The number of ether oxygens (including phenoxy) is 6. The molecule has 15 unspecified atom stereocenters. The van der Waals surface area contributed by atoms with Crippen molar-refractivity contribution in [2.24, 2.45) is 0 Å². The van der Waals surface area contributed by atoms with Gasteiger partial charge in [0.1, 0.15) is 97.7 Å². The molecule has 0 amide bonds. The van der Waals surface area contributed by atoms with Crippen molar-refractivity contribution < 1.29 is 110 Å². The SMILES string of the molecule is CO[C@H]1OC(CC[C@@H]2OC(CC[C@@H]3OC(CC[C@@H]4OC(CC[C@@H]5OC(CO)[C@H](O)C(O)C5O)[C@H](O)C(O)C4O)[C@H](O)C(O)C3O)[C@H](O)C(O)C2O)[C@H](O)C(O)C1O. The minimum absolute atomic E-state index is 0.0212. The van der Waals surface area contributed by atoms with Gasteiger partial charge in [-0.3, -0.25) is 0 Å². The van der Waals surface area contributed by atoms with Crippen LogP contribution in [0.15, 0.2) is 0 Å². The summed E-state index contributed by atoms with van der Waals surface area (Å²) in [5, 5.41) is 167. The Hall–Kier alpha value is -0.880. The van der Waals surface area contributed by atoms with Crippen LogP contribution in [0.5, 0.6) is 0 Å². The topological polar surface area (TPSA) is 379 Å². The Labute approximate surface area is 328 Å². The first-order valence-corrected chi connectivity index (χ1v) is 19.5. The molecule has 5 heterocycles. The third kappa shape index (κ3) is 10.3.